The lowest BCUT2D eigenvalue weighted by molar-refractivity contribution is -0.135. The van der Waals surface area contributed by atoms with Crippen molar-refractivity contribution in [2.24, 2.45) is 5.92 Å². The van der Waals surface area contributed by atoms with Gasteiger partial charge in [-0.15, -0.1) is 0 Å². The first-order chi connectivity index (χ1) is 16.1. The molecular weight excluding hydrogens is 412 g/mol. The molecule has 1 spiro atoms. The smallest absolute Gasteiger partial charge is 0.238 e. The van der Waals surface area contributed by atoms with Gasteiger partial charge in [0.1, 0.15) is 17.8 Å². The van der Waals surface area contributed by atoms with Crippen LogP contribution in [0.2, 0.25) is 0 Å². The van der Waals surface area contributed by atoms with Crippen molar-refractivity contribution in [2.75, 3.05) is 11.9 Å². The highest BCUT2D eigenvalue weighted by atomic mass is 16.5. The second-order valence-electron chi connectivity index (χ2n) is 8.66. The van der Waals surface area contributed by atoms with Gasteiger partial charge in [-0.2, -0.15) is 0 Å². The lowest BCUT2D eigenvalue weighted by Crippen LogP contribution is -2.60. The standard InChI is InChI=1S/C28H26N2O3/c1-3-17-33-21-15-13-19(14-16-21)24-18(2)26(31)30-25(20-9-5-4-6-10-20)28(24)22-11-7-8-12-23(22)29-27(28)32/h3-16,18,24-25H,1,17H2,2H3,(H,29,32)(H,30,31)/t18-,24?,25+,28-/m0/s1. The largest absolute Gasteiger partial charge is 0.490 e. The molecule has 1 fully saturated rings. The number of amides is 2. The quantitative estimate of drug-likeness (QED) is 0.566. The van der Waals surface area contributed by atoms with E-state index in [0.29, 0.717) is 6.61 Å². The Labute approximate surface area is 193 Å². The molecule has 3 aromatic carbocycles. The number of piperidine rings is 1. The van der Waals surface area contributed by atoms with Gasteiger partial charge >= 0.3 is 0 Å². The third kappa shape index (κ3) is 3.23. The molecule has 0 bridgehead atoms. The van der Waals surface area contributed by atoms with E-state index in [2.05, 4.69) is 17.2 Å². The molecule has 2 aliphatic rings. The van der Waals surface area contributed by atoms with Crippen molar-refractivity contribution in [3.05, 3.63) is 108 Å². The molecular formula is C28H26N2O3. The van der Waals surface area contributed by atoms with Gasteiger partial charge in [0.15, 0.2) is 0 Å². The first kappa shape index (κ1) is 21.0. The number of para-hydroxylation sites is 1. The highest BCUT2D eigenvalue weighted by Gasteiger charge is 2.63. The Hall–Kier alpha value is -3.86. The topological polar surface area (TPSA) is 67.4 Å². The van der Waals surface area contributed by atoms with Crippen LogP contribution in [0.4, 0.5) is 5.69 Å². The second kappa shape index (κ2) is 8.24. The lowest BCUT2D eigenvalue weighted by atomic mass is 9.56. The van der Waals surface area contributed by atoms with Crippen molar-refractivity contribution in [2.45, 2.75) is 24.3 Å². The Morgan fingerprint density at radius 1 is 0.939 bits per heavy atom. The van der Waals surface area contributed by atoms with Crippen LogP contribution in [0.1, 0.15) is 35.6 Å². The van der Waals surface area contributed by atoms with E-state index in [4.69, 9.17) is 4.74 Å². The summed E-state index contributed by atoms with van der Waals surface area (Å²) in [5, 5.41) is 6.30. The molecule has 2 heterocycles. The minimum Gasteiger partial charge on any atom is -0.490 e. The van der Waals surface area contributed by atoms with Crippen molar-refractivity contribution in [3.63, 3.8) is 0 Å². The van der Waals surface area contributed by atoms with Gasteiger partial charge in [-0.3, -0.25) is 9.59 Å². The van der Waals surface area contributed by atoms with Crippen LogP contribution >= 0.6 is 0 Å². The predicted molar refractivity (Wildman–Crippen MR) is 128 cm³/mol. The van der Waals surface area contributed by atoms with Crippen LogP contribution in [0, 0.1) is 5.92 Å². The van der Waals surface area contributed by atoms with Crippen LogP contribution in [-0.4, -0.2) is 18.4 Å². The van der Waals surface area contributed by atoms with E-state index in [1.807, 2.05) is 85.8 Å². The number of hydrogen-bond donors (Lipinski definition) is 2. The van der Waals surface area contributed by atoms with E-state index in [0.717, 1.165) is 28.1 Å². The van der Waals surface area contributed by atoms with Gasteiger partial charge in [0, 0.05) is 17.5 Å². The van der Waals surface area contributed by atoms with Crippen LogP contribution in [-0.2, 0) is 15.0 Å². The number of carbonyl (C=O) groups is 2. The van der Waals surface area contributed by atoms with Crippen molar-refractivity contribution in [1.82, 2.24) is 5.32 Å². The van der Waals surface area contributed by atoms with Crippen molar-refractivity contribution >= 4 is 17.5 Å². The predicted octanol–water partition coefficient (Wildman–Crippen LogP) is 4.73. The maximum absolute atomic E-state index is 13.9. The number of benzene rings is 3. The highest BCUT2D eigenvalue weighted by Crippen LogP contribution is 2.58. The number of rotatable bonds is 5. The van der Waals surface area contributed by atoms with Gasteiger partial charge in [-0.25, -0.2) is 0 Å². The Morgan fingerprint density at radius 2 is 1.64 bits per heavy atom. The van der Waals surface area contributed by atoms with Crippen LogP contribution in [0.5, 0.6) is 5.75 Å². The summed E-state index contributed by atoms with van der Waals surface area (Å²) in [6, 6.07) is 24.8. The zero-order valence-electron chi connectivity index (χ0n) is 18.5. The summed E-state index contributed by atoms with van der Waals surface area (Å²) >= 11 is 0. The minimum atomic E-state index is -0.991. The molecule has 5 heteroatoms. The van der Waals surface area contributed by atoms with Crippen LogP contribution in [0.15, 0.2) is 91.5 Å². The summed E-state index contributed by atoms with van der Waals surface area (Å²) in [6.45, 7) is 6.00. The third-order valence-corrected chi connectivity index (χ3v) is 6.88. The molecule has 5 nitrogen and oxygen atoms in total. The molecule has 1 saturated heterocycles. The Bertz CT molecular complexity index is 1210. The normalized spacial score (nSPS) is 25.8. The molecule has 0 radical (unpaired) electrons. The van der Waals surface area contributed by atoms with Gasteiger partial charge in [0.2, 0.25) is 11.8 Å². The van der Waals surface area contributed by atoms with Gasteiger partial charge in [0.05, 0.1) is 6.04 Å². The fraction of sp³-hybridized carbons (Fsp3) is 0.214. The van der Waals surface area contributed by atoms with Gasteiger partial charge in [0.25, 0.3) is 0 Å². The van der Waals surface area contributed by atoms with E-state index in [9.17, 15) is 9.59 Å². The maximum atomic E-state index is 13.9. The summed E-state index contributed by atoms with van der Waals surface area (Å²) < 4.78 is 5.65. The first-order valence-corrected chi connectivity index (χ1v) is 11.2. The van der Waals surface area contributed by atoms with Crippen LogP contribution in [0.25, 0.3) is 0 Å². The van der Waals surface area contributed by atoms with Crippen molar-refractivity contribution < 1.29 is 14.3 Å². The Balaban J connectivity index is 1.73. The van der Waals surface area contributed by atoms with Crippen LogP contribution < -0.4 is 15.4 Å². The molecule has 166 valence electrons. The first-order valence-electron chi connectivity index (χ1n) is 11.2. The van der Waals surface area contributed by atoms with E-state index >= 15 is 0 Å². The average molecular weight is 439 g/mol. The van der Waals surface area contributed by atoms with Gasteiger partial charge < -0.3 is 15.4 Å². The molecule has 0 aromatic heterocycles. The second-order valence-corrected chi connectivity index (χ2v) is 8.66. The van der Waals surface area contributed by atoms with E-state index in [1.165, 1.54) is 0 Å². The summed E-state index contributed by atoms with van der Waals surface area (Å²) in [4.78, 5) is 27.2. The molecule has 33 heavy (non-hydrogen) atoms. The molecule has 2 amide bonds. The Morgan fingerprint density at radius 3 is 2.36 bits per heavy atom. The van der Waals surface area contributed by atoms with E-state index in [-0.39, 0.29) is 17.7 Å². The Kier molecular flexibility index (Phi) is 5.25. The fourth-order valence-corrected chi connectivity index (χ4v) is 5.48. The maximum Gasteiger partial charge on any atom is 0.238 e. The zero-order valence-corrected chi connectivity index (χ0v) is 18.5. The monoisotopic (exact) mass is 438 g/mol. The molecule has 4 atom stereocenters. The zero-order chi connectivity index (χ0) is 23.0. The number of hydrogen-bond acceptors (Lipinski definition) is 3. The van der Waals surface area contributed by atoms with Gasteiger partial charge in [-0.1, -0.05) is 80.2 Å². The van der Waals surface area contributed by atoms with Crippen molar-refractivity contribution in [3.8, 4) is 5.75 Å². The van der Waals surface area contributed by atoms with Crippen molar-refractivity contribution in [1.29, 1.82) is 0 Å². The SMILES string of the molecule is C=CCOc1ccc(C2[C@H](C)C(=O)N[C@H](c3ccccc3)[C@@]23C(=O)Nc2ccccc23)cc1. The van der Waals surface area contributed by atoms with E-state index in [1.54, 1.807) is 6.08 Å². The summed E-state index contributed by atoms with van der Waals surface area (Å²) in [6.07, 6.45) is 1.70. The molecule has 0 aliphatic carbocycles. The molecule has 0 saturated carbocycles. The number of anilines is 1. The molecule has 1 unspecified atom stereocenters. The van der Waals surface area contributed by atoms with E-state index < -0.39 is 17.4 Å². The minimum absolute atomic E-state index is 0.0661. The van der Waals surface area contributed by atoms with Gasteiger partial charge in [-0.05, 0) is 34.9 Å². The number of carbonyl (C=O) groups excluding carboxylic acids is 2. The molecule has 2 N–H and O–H groups in total. The average Bonchev–Trinajstić information content (AvgIpc) is 3.13. The number of nitrogens with one attached hydrogen (secondary N) is 2. The summed E-state index contributed by atoms with van der Waals surface area (Å²) in [7, 11) is 0. The number of ether oxygens (including phenoxy) is 1. The fourth-order valence-electron chi connectivity index (χ4n) is 5.48. The number of fused-ring (bicyclic) bond motifs is 2. The molecule has 2 aliphatic heterocycles. The summed E-state index contributed by atoms with van der Waals surface area (Å²) in [5.74, 6) is -0.225. The summed E-state index contributed by atoms with van der Waals surface area (Å²) in [5.41, 5.74) is 2.54. The molecule has 3 aromatic rings. The van der Waals surface area contributed by atoms with Crippen LogP contribution in [0.3, 0.4) is 0 Å². The lowest BCUT2D eigenvalue weighted by Gasteiger charge is -2.49. The third-order valence-electron chi connectivity index (χ3n) is 6.88. The highest BCUT2D eigenvalue weighted by molar-refractivity contribution is 6.09. The molecule has 5 rings (SSSR count).